The maximum absolute atomic E-state index is 12.9. The molecule has 0 amide bonds. The van der Waals surface area contributed by atoms with Gasteiger partial charge in [-0.05, 0) is 90.0 Å². The zero-order valence-electron chi connectivity index (χ0n) is 19.1. The normalized spacial score (nSPS) is 22.6. The second kappa shape index (κ2) is 8.91. The lowest BCUT2D eigenvalue weighted by atomic mass is 9.67. The maximum Gasteiger partial charge on any atom is 0.338 e. The van der Waals surface area contributed by atoms with Crippen LogP contribution in [0.3, 0.4) is 0 Å². The van der Waals surface area contributed by atoms with Gasteiger partial charge in [-0.1, -0.05) is 23.3 Å². The fourth-order valence-corrected chi connectivity index (χ4v) is 4.03. The molecule has 0 spiro atoms. The Balaban J connectivity index is 2.45. The van der Waals surface area contributed by atoms with E-state index in [-0.39, 0.29) is 11.8 Å². The lowest BCUT2D eigenvalue weighted by Crippen LogP contribution is -2.40. The molecule has 0 aliphatic heterocycles. The highest BCUT2D eigenvalue weighted by Crippen LogP contribution is 2.46. The smallest absolute Gasteiger partial charge is 0.338 e. The molecule has 0 saturated heterocycles. The first-order chi connectivity index (χ1) is 13.8. The standard InChI is InChI=1S/C25H31ClO4/c1-15-17(3)25(7,14-13-20(27)18-9-11-19(26)12-10-18)22(29-8)16(2)21(15)23(28)30-24(4,5)6/h9-14,22H,1-8H3. The first-order valence-electron chi connectivity index (χ1n) is 9.96. The third kappa shape index (κ3) is 4.93. The van der Waals surface area contributed by atoms with E-state index in [0.29, 0.717) is 16.2 Å². The predicted molar refractivity (Wildman–Crippen MR) is 121 cm³/mol. The van der Waals surface area contributed by atoms with Gasteiger partial charge in [-0.25, -0.2) is 4.79 Å². The van der Waals surface area contributed by atoms with Gasteiger partial charge in [0.15, 0.2) is 5.78 Å². The monoisotopic (exact) mass is 430 g/mol. The highest BCUT2D eigenvalue weighted by atomic mass is 35.5. The molecular weight excluding hydrogens is 400 g/mol. The van der Waals surface area contributed by atoms with Crippen LogP contribution >= 0.6 is 11.6 Å². The number of carbonyl (C=O) groups is 2. The van der Waals surface area contributed by atoms with Crippen molar-refractivity contribution < 1.29 is 19.1 Å². The number of ether oxygens (including phenoxy) is 2. The van der Waals surface area contributed by atoms with Gasteiger partial charge in [0, 0.05) is 23.1 Å². The number of hydrogen-bond donors (Lipinski definition) is 0. The second-order valence-electron chi connectivity index (χ2n) is 8.91. The second-order valence-corrected chi connectivity index (χ2v) is 9.35. The Morgan fingerprint density at radius 1 is 1.10 bits per heavy atom. The van der Waals surface area contributed by atoms with Gasteiger partial charge in [-0.15, -0.1) is 0 Å². The van der Waals surface area contributed by atoms with Crippen LogP contribution in [0, 0.1) is 5.41 Å². The molecule has 0 fully saturated rings. The summed E-state index contributed by atoms with van der Waals surface area (Å²) >= 11 is 5.91. The van der Waals surface area contributed by atoms with Crippen molar-refractivity contribution in [1.82, 2.24) is 0 Å². The largest absolute Gasteiger partial charge is 0.456 e. The summed E-state index contributed by atoms with van der Waals surface area (Å²) in [7, 11) is 1.61. The molecule has 1 aromatic carbocycles. The van der Waals surface area contributed by atoms with Gasteiger partial charge in [0.05, 0.1) is 11.7 Å². The first-order valence-corrected chi connectivity index (χ1v) is 10.3. The molecule has 0 aromatic heterocycles. The molecule has 0 bridgehead atoms. The summed E-state index contributed by atoms with van der Waals surface area (Å²) in [6, 6.07) is 6.79. The van der Waals surface area contributed by atoms with Gasteiger partial charge in [-0.2, -0.15) is 0 Å². The van der Waals surface area contributed by atoms with E-state index >= 15 is 0 Å². The molecule has 2 atom stereocenters. The van der Waals surface area contributed by atoms with Crippen molar-refractivity contribution in [2.75, 3.05) is 7.11 Å². The molecule has 0 N–H and O–H groups in total. The fourth-order valence-electron chi connectivity index (χ4n) is 3.90. The van der Waals surface area contributed by atoms with E-state index < -0.39 is 17.1 Å². The molecule has 0 heterocycles. The minimum atomic E-state index is -0.591. The molecule has 1 aliphatic rings. The highest BCUT2D eigenvalue weighted by Gasteiger charge is 2.43. The quantitative estimate of drug-likeness (QED) is 0.321. The van der Waals surface area contributed by atoms with Crippen LogP contribution in [0.5, 0.6) is 0 Å². The number of methoxy groups -OCH3 is 1. The van der Waals surface area contributed by atoms with Crippen LogP contribution in [0.4, 0.5) is 0 Å². The van der Waals surface area contributed by atoms with Crippen LogP contribution in [0.2, 0.25) is 5.02 Å². The van der Waals surface area contributed by atoms with Crippen LogP contribution < -0.4 is 0 Å². The Kier molecular flexibility index (Phi) is 7.16. The minimum Gasteiger partial charge on any atom is -0.456 e. The Labute approximate surface area is 184 Å². The zero-order chi connectivity index (χ0) is 22.9. The Morgan fingerprint density at radius 3 is 2.17 bits per heavy atom. The summed E-state index contributed by atoms with van der Waals surface area (Å²) in [6.45, 7) is 13.3. The number of esters is 1. The summed E-state index contributed by atoms with van der Waals surface area (Å²) in [4.78, 5) is 25.5. The van der Waals surface area contributed by atoms with Gasteiger partial charge >= 0.3 is 5.97 Å². The summed E-state index contributed by atoms with van der Waals surface area (Å²) < 4.78 is 11.4. The van der Waals surface area contributed by atoms with E-state index in [1.807, 2.05) is 54.5 Å². The van der Waals surface area contributed by atoms with Crippen molar-refractivity contribution in [2.24, 2.45) is 5.41 Å². The number of rotatable bonds is 5. The van der Waals surface area contributed by atoms with Crippen LogP contribution in [-0.2, 0) is 14.3 Å². The Bertz CT molecular complexity index is 929. The first kappa shape index (κ1) is 24.1. The number of carbonyl (C=O) groups excluding carboxylic acids is 2. The molecule has 5 heteroatoms. The van der Waals surface area contributed by atoms with Crippen LogP contribution in [0.25, 0.3) is 0 Å². The van der Waals surface area contributed by atoms with Crippen LogP contribution in [0.15, 0.2) is 58.7 Å². The molecule has 0 saturated carbocycles. The van der Waals surface area contributed by atoms with Crippen molar-refractivity contribution in [3.8, 4) is 0 Å². The van der Waals surface area contributed by atoms with Crippen LogP contribution in [0.1, 0.15) is 58.8 Å². The fraction of sp³-hybridized carbons (Fsp3) is 0.440. The van der Waals surface area contributed by atoms with E-state index in [9.17, 15) is 9.59 Å². The molecule has 162 valence electrons. The Morgan fingerprint density at radius 2 is 1.67 bits per heavy atom. The average molecular weight is 431 g/mol. The van der Waals surface area contributed by atoms with E-state index in [1.165, 1.54) is 0 Å². The van der Waals surface area contributed by atoms with E-state index in [2.05, 4.69) is 0 Å². The van der Waals surface area contributed by atoms with Crippen molar-refractivity contribution in [2.45, 2.75) is 60.2 Å². The van der Waals surface area contributed by atoms with Gasteiger partial charge in [0.1, 0.15) is 5.60 Å². The summed E-state index contributed by atoms with van der Waals surface area (Å²) in [5, 5.41) is 0.582. The number of allylic oxidation sites excluding steroid dienone is 1. The van der Waals surface area contributed by atoms with Gasteiger partial charge in [-0.3, -0.25) is 4.79 Å². The number of benzene rings is 1. The number of ketones is 1. The molecule has 2 rings (SSSR count). The molecule has 30 heavy (non-hydrogen) atoms. The highest BCUT2D eigenvalue weighted by molar-refractivity contribution is 6.30. The maximum atomic E-state index is 12.9. The lowest BCUT2D eigenvalue weighted by molar-refractivity contribution is -0.149. The van der Waals surface area contributed by atoms with Gasteiger partial charge < -0.3 is 9.47 Å². The predicted octanol–water partition coefficient (Wildman–Crippen LogP) is 6.11. The van der Waals surface area contributed by atoms with E-state index in [1.54, 1.807) is 37.5 Å². The zero-order valence-corrected chi connectivity index (χ0v) is 19.8. The summed E-state index contributed by atoms with van der Waals surface area (Å²) in [6.07, 6.45) is 3.03. The van der Waals surface area contributed by atoms with Gasteiger partial charge in [0.25, 0.3) is 0 Å². The molecule has 4 nitrogen and oxygen atoms in total. The van der Waals surface area contributed by atoms with Crippen LogP contribution in [-0.4, -0.2) is 30.6 Å². The van der Waals surface area contributed by atoms with E-state index in [0.717, 1.165) is 16.7 Å². The van der Waals surface area contributed by atoms with Crippen molar-refractivity contribution in [1.29, 1.82) is 0 Å². The van der Waals surface area contributed by atoms with Crippen molar-refractivity contribution in [3.05, 3.63) is 69.3 Å². The molecule has 1 aromatic rings. The average Bonchev–Trinajstić information content (AvgIpc) is 2.64. The molecule has 1 aliphatic carbocycles. The van der Waals surface area contributed by atoms with Gasteiger partial charge in [0.2, 0.25) is 0 Å². The third-order valence-corrected chi connectivity index (χ3v) is 5.88. The number of halogens is 1. The molecule has 0 radical (unpaired) electrons. The van der Waals surface area contributed by atoms with E-state index in [4.69, 9.17) is 21.1 Å². The third-order valence-electron chi connectivity index (χ3n) is 5.63. The lowest BCUT2D eigenvalue weighted by Gasteiger charge is -2.42. The summed E-state index contributed by atoms with van der Waals surface area (Å²) in [5.41, 5.74) is 2.53. The molecular formula is C25H31ClO4. The van der Waals surface area contributed by atoms with Crippen molar-refractivity contribution >= 4 is 23.4 Å². The SMILES string of the molecule is COC1C(C)=C(C(=O)OC(C)(C)C)C(C)=C(C)C1(C)C=CC(=O)c1ccc(Cl)cc1. The van der Waals surface area contributed by atoms with Crippen molar-refractivity contribution in [3.63, 3.8) is 0 Å². The topological polar surface area (TPSA) is 52.6 Å². The Hall–Kier alpha value is -2.17. The molecule has 2 unspecified atom stereocenters. The number of hydrogen-bond acceptors (Lipinski definition) is 4. The summed E-state index contributed by atoms with van der Waals surface area (Å²) in [5.74, 6) is -0.477. The minimum absolute atomic E-state index is 0.118.